The predicted molar refractivity (Wildman–Crippen MR) is 69.7 cm³/mol. The predicted octanol–water partition coefficient (Wildman–Crippen LogP) is 2.62. The summed E-state index contributed by atoms with van der Waals surface area (Å²) in [5.74, 6) is 0.395. The molecule has 1 rings (SSSR count). The van der Waals surface area contributed by atoms with E-state index >= 15 is 0 Å². The molecular weight excluding hydrogens is 214 g/mol. The van der Waals surface area contributed by atoms with Gasteiger partial charge >= 0.3 is 0 Å². The molecule has 2 N–H and O–H groups in total. The zero-order valence-electron chi connectivity index (χ0n) is 11.3. The van der Waals surface area contributed by atoms with Gasteiger partial charge in [0.05, 0.1) is 0 Å². The van der Waals surface area contributed by atoms with E-state index in [2.05, 4.69) is 12.2 Å². The second-order valence-corrected chi connectivity index (χ2v) is 5.57. The normalized spacial score (nSPS) is 21.6. The van der Waals surface area contributed by atoms with Crippen LogP contribution in [0.4, 0.5) is 0 Å². The zero-order chi connectivity index (χ0) is 12.7. The van der Waals surface area contributed by atoms with Gasteiger partial charge in [0.2, 0.25) is 5.91 Å². The first-order valence-electron chi connectivity index (χ1n) is 7.04. The molecule has 0 spiro atoms. The zero-order valence-corrected chi connectivity index (χ0v) is 11.3. The summed E-state index contributed by atoms with van der Waals surface area (Å²) >= 11 is 0. The maximum absolute atomic E-state index is 12.2. The second kappa shape index (κ2) is 7.00. The number of carbonyl (C=O) groups excluding carboxylic acids is 1. The number of aliphatic hydroxyl groups excluding tert-OH is 1. The first kappa shape index (κ1) is 14.5. The van der Waals surface area contributed by atoms with E-state index in [1.807, 2.05) is 6.92 Å². The number of aliphatic hydroxyl groups is 1. The topological polar surface area (TPSA) is 49.3 Å². The molecule has 3 nitrogen and oxygen atoms in total. The fourth-order valence-electron chi connectivity index (χ4n) is 2.52. The lowest BCUT2D eigenvalue weighted by Crippen LogP contribution is -2.48. The minimum atomic E-state index is -0.238. The van der Waals surface area contributed by atoms with Crippen LogP contribution in [0.2, 0.25) is 0 Å². The molecule has 1 fully saturated rings. The van der Waals surface area contributed by atoms with Gasteiger partial charge in [-0.3, -0.25) is 4.79 Å². The van der Waals surface area contributed by atoms with Gasteiger partial charge in [-0.2, -0.15) is 0 Å². The van der Waals surface area contributed by atoms with Crippen LogP contribution < -0.4 is 5.32 Å². The highest BCUT2D eigenvalue weighted by atomic mass is 16.3. The number of hydrogen-bond donors (Lipinski definition) is 2. The highest BCUT2D eigenvalue weighted by molar-refractivity contribution is 5.79. The van der Waals surface area contributed by atoms with Gasteiger partial charge in [0.15, 0.2) is 0 Å². The van der Waals surface area contributed by atoms with Crippen molar-refractivity contribution >= 4 is 5.91 Å². The summed E-state index contributed by atoms with van der Waals surface area (Å²) < 4.78 is 0. The van der Waals surface area contributed by atoms with Crippen molar-refractivity contribution in [1.29, 1.82) is 0 Å². The van der Waals surface area contributed by atoms with Crippen molar-refractivity contribution in [3.63, 3.8) is 0 Å². The minimum Gasteiger partial charge on any atom is -0.396 e. The molecule has 0 saturated heterocycles. The molecule has 1 amide bonds. The molecule has 3 heteroatoms. The number of carbonyl (C=O) groups is 1. The lowest BCUT2D eigenvalue weighted by atomic mass is 9.92. The Balaban J connectivity index is 2.50. The van der Waals surface area contributed by atoms with Crippen molar-refractivity contribution < 1.29 is 9.90 Å². The standard InChI is InChI=1S/C14H27NO2/c1-3-14(2,10-11-16)15-13(17)12-8-6-4-5-7-9-12/h12,16H,3-11H2,1-2H3,(H,15,17)/t14-/m0/s1. The summed E-state index contributed by atoms with van der Waals surface area (Å²) in [6, 6.07) is 0. The molecule has 1 aliphatic rings. The third-order valence-corrected chi connectivity index (χ3v) is 4.09. The van der Waals surface area contributed by atoms with Crippen molar-refractivity contribution in [2.75, 3.05) is 6.61 Å². The Bertz CT molecular complexity index is 234. The summed E-state index contributed by atoms with van der Waals surface area (Å²) in [4.78, 5) is 12.2. The Labute approximate surface area is 105 Å². The molecule has 0 aromatic rings. The van der Waals surface area contributed by atoms with Gasteiger partial charge in [0.25, 0.3) is 0 Å². The lowest BCUT2D eigenvalue weighted by Gasteiger charge is -2.31. The average Bonchev–Trinajstić information content (AvgIpc) is 2.57. The molecule has 0 heterocycles. The Morgan fingerprint density at radius 3 is 2.35 bits per heavy atom. The van der Waals surface area contributed by atoms with Crippen LogP contribution in [0.5, 0.6) is 0 Å². The van der Waals surface area contributed by atoms with Crippen LogP contribution in [-0.4, -0.2) is 23.2 Å². The Hall–Kier alpha value is -0.570. The lowest BCUT2D eigenvalue weighted by molar-refractivity contribution is -0.127. The van der Waals surface area contributed by atoms with Crippen LogP contribution in [-0.2, 0) is 4.79 Å². The van der Waals surface area contributed by atoms with Crippen molar-refractivity contribution in [2.45, 2.75) is 70.8 Å². The molecule has 1 aliphatic carbocycles. The van der Waals surface area contributed by atoms with Crippen LogP contribution >= 0.6 is 0 Å². The van der Waals surface area contributed by atoms with Crippen LogP contribution in [0.1, 0.15) is 65.2 Å². The van der Waals surface area contributed by atoms with E-state index in [0.717, 1.165) is 19.3 Å². The molecule has 0 bridgehead atoms. The number of rotatable bonds is 5. The highest BCUT2D eigenvalue weighted by Crippen LogP contribution is 2.24. The SMILES string of the molecule is CC[C@@](C)(CCO)NC(=O)C1CCCCCC1. The Morgan fingerprint density at radius 1 is 1.29 bits per heavy atom. The number of hydrogen-bond acceptors (Lipinski definition) is 2. The molecule has 1 saturated carbocycles. The Kier molecular flexibility index (Phi) is 5.96. The van der Waals surface area contributed by atoms with Gasteiger partial charge in [-0.05, 0) is 32.6 Å². The van der Waals surface area contributed by atoms with Gasteiger partial charge in [-0.25, -0.2) is 0 Å². The van der Waals surface area contributed by atoms with Crippen LogP contribution in [0, 0.1) is 5.92 Å². The van der Waals surface area contributed by atoms with Gasteiger partial charge < -0.3 is 10.4 Å². The van der Waals surface area contributed by atoms with E-state index in [-0.39, 0.29) is 24.0 Å². The first-order chi connectivity index (χ1) is 8.11. The largest absolute Gasteiger partial charge is 0.396 e. The molecule has 0 radical (unpaired) electrons. The maximum Gasteiger partial charge on any atom is 0.223 e. The van der Waals surface area contributed by atoms with E-state index < -0.39 is 0 Å². The molecular formula is C14H27NO2. The van der Waals surface area contributed by atoms with E-state index in [4.69, 9.17) is 5.11 Å². The van der Waals surface area contributed by atoms with E-state index in [9.17, 15) is 4.79 Å². The Morgan fingerprint density at radius 2 is 1.88 bits per heavy atom. The van der Waals surface area contributed by atoms with E-state index in [1.54, 1.807) is 0 Å². The molecule has 0 aromatic heterocycles. The fraction of sp³-hybridized carbons (Fsp3) is 0.929. The van der Waals surface area contributed by atoms with Gasteiger partial charge in [0, 0.05) is 18.1 Å². The van der Waals surface area contributed by atoms with Crippen molar-refractivity contribution in [1.82, 2.24) is 5.32 Å². The molecule has 0 unspecified atom stereocenters. The number of nitrogens with one attached hydrogen (secondary N) is 1. The maximum atomic E-state index is 12.2. The third-order valence-electron chi connectivity index (χ3n) is 4.09. The van der Waals surface area contributed by atoms with E-state index in [0.29, 0.717) is 6.42 Å². The van der Waals surface area contributed by atoms with Gasteiger partial charge in [-0.15, -0.1) is 0 Å². The van der Waals surface area contributed by atoms with Gasteiger partial charge in [-0.1, -0.05) is 32.6 Å². The molecule has 0 aliphatic heterocycles. The second-order valence-electron chi connectivity index (χ2n) is 5.57. The quantitative estimate of drug-likeness (QED) is 0.727. The summed E-state index contributed by atoms with van der Waals surface area (Å²) in [5.41, 5.74) is -0.238. The summed E-state index contributed by atoms with van der Waals surface area (Å²) in [7, 11) is 0. The highest BCUT2D eigenvalue weighted by Gasteiger charge is 2.28. The van der Waals surface area contributed by atoms with E-state index in [1.165, 1.54) is 25.7 Å². The van der Waals surface area contributed by atoms with Crippen LogP contribution in [0.25, 0.3) is 0 Å². The molecule has 1 atom stereocenters. The number of amides is 1. The summed E-state index contributed by atoms with van der Waals surface area (Å²) in [6.45, 7) is 4.22. The molecule has 0 aromatic carbocycles. The smallest absolute Gasteiger partial charge is 0.223 e. The summed E-state index contributed by atoms with van der Waals surface area (Å²) in [6.07, 6.45) is 8.47. The minimum absolute atomic E-state index is 0.134. The molecule has 100 valence electrons. The average molecular weight is 241 g/mol. The van der Waals surface area contributed by atoms with Crippen molar-refractivity contribution in [2.24, 2.45) is 5.92 Å². The first-order valence-corrected chi connectivity index (χ1v) is 7.04. The van der Waals surface area contributed by atoms with Crippen LogP contribution in [0.15, 0.2) is 0 Å². The van der Waals surface area contributed by atoms with Crippen molar-refractivity contribution in [3.05, 3.63) is 0 Å². The van der Waals surface area contributed by atoms with Crippen molar-refractivity contribution in [3.8, 4) is 0 Å². The third kappa shape index (κ3) is 4.66. The fourth-order valence-corrected chi connectivity index (χ4v) is 2.52. The van der Waals surface area contributed by atoms with Gasteiger partial charge in [0.1, 0.15) is 0 Å². The summed E-state index contributed by atoms with van der Waals surface area (Å²) in [5, 5.41) is 12.2. The van der Waals surface area contributed by atoms with Crippen LogP contribution in [0.3, 0.4) is 0 Å². The molecule has 17 heavy (non-hydrogen) atoms. The monoisotopic (exact) mass is 241 g/mol.